The molecule has 0 aromatic carbocycles. The summed E-state index contributed by atoms with van der Waals surface area (Å²) in [5.41, 5.74) is 0. The summed E-state index contributed by atoms with van der Waals surface area (Å²) in [6.45, 7) is 6.09. The smallest absolute Gasteiger partial charge is 0.0783 e. The van der Waals surface area contributed by atoms with Gasteiger partial charge in [-0.2, -0.15) is 0 Å². The molecular weight excluding hydrogens is 326 g/mol. The molecule has 0 saturated heterocycles. The summed E-state index contributed by atoms with van der Waals surface area (Å²) in [7, 11) is 1.77. The maximum Gasteiger partial charge on any atom is 0.0783 e. The number of nitrogens with zero attached hydrogens (tertiary/aromatic N) is 1. The topological polar surface area (TPSA) is 21.6 Å². The molecule has 0 aromatic heterocycles. The van der Waals surface area contributed by atoms with E-state index >= 15 is 0 Å². The number of unbranched alkanes of at least 4 members (excludes halogenated alkanes) is 1. The molecular formula is C22H33NOS. The van der Waals surface area contributed by atoms with E-state index in [0.717, 1.165) is 49.7 Å². The summed E-state index contributed by atoms with van der Waals surface area (Å²) in [6, 6.07) is 0.418. The molecule has 1 fully saturated rings. The maximum absolute atomic E-state index is 5.39. The van der Waals surface area contributed by atoms with Gasteiger partial charge in [-0.3, -0.25) is 4.99 Å². The van der Waals surface area contributed by atoms with E-state index < -0.39 is 0 Å². The minimum absolute atomic E-state index is 0.302. The Morgan fingerprint density at radius 1 is 1.24 bits per heavy atom. The van der Waals surface area contributed by atoms with E-state index in [1.165, 1.54) is 11.5 Å². The predicted octanol–water partition coefficient (Wildman–Crippen LogP) is 5.98. The molecule has 3 heteroatoms. The second kappa shape index (κ2) is 11.5. The van der Waals surface area contributed by atoms with Gasteiger partial charge in [-0.15, -0.1) is 18.3 Å². The first kappa shape index (κ1) is 20.3. The third-order valence-corrected chi connectivity index (χ3v) is 5.99. The number of hydrogen-bond donors (Lipinski definition) is 0. The fourth-order valence-corrected chi connectivity index (χ4v) is 4.25. The van der Waals surface area contributed by atoms with Crippen molar-refractivity contribution in [2.24, 2.45) is 16.8 Å². The Morgan fingerprint density at radius 3 is 2.64 bits per heavy atom. The van der Waals surface area contributed by atoms with Crippen LogP contribution in [0.15, 0.2) is 54.1 Å². The van der Waals surface area contributed by atoms with Crippen LogP contribution in [0.1, 0.15) is 45.4 Å². The molecule has 138 valence electrons. The Labute approximate surface area is 158 Å². The third kappa shape index (κ3) is 7.79. The number of hydrogen-bond acceptors (Lipinski definition) is 3. The second-order valence-electron chi connectivity index (χ2n) is 6.99. The number of methoxy groups -OCH3 is 1. The van der Waals surface area contributed by atoms with Crippen molar-refractivity contribution in [2.45, 2.75) is 57.6 Å². The van der Waals surface area contributed by atoms with Gasteiger partial charge in [0.1, 0.15) is 0 Å². The molecule has 2 rings (SSSR count). The van der Waals surface area contributed by atoms with E-state index in [1.807, 2.05) is 17.8 Å². The minimum Gasteiger partial charge on any atom is -0.381 e. The Balaban J connectivity index is 1.52. The van der Waals surface area contributed by atoms with Gasteiger partial charge in [0.05, 0.1) is 17.2 Å². The highest BCUT2D eigenvalue weighted by molar-refractivity contribution is 8.14. The molecule has 4 atom stereocenters. The van der Waals surface area contributed by atoms with Crippen molar-refractivity contribution >= 4 is 16.8 Å². The second-order valence-corrected chi connectivity index (χ2v) is 8.03. The van der Waals surface area contributed by atoms with Crippen LogP contribution in [-0.2, 0) is 4.74 Å². The summed E-state index contributed by atoms with van der Waals surface area (Å²) >= 11 is 1.97. The van der Waals surface area contributed by atoms with E-state index in [-0.39, 0.29) is 0 Å². The zero-order valence-electron chi connectivity index (χ0n) is 15.8. The van der Waals surface area contributed by atoms with E-state index in [2.05, 4.69) is 50.0 Å². The van der Waals surface area contributed by atoms with Crippen molar-refractivity contribution in [2.75, 3.05) is 12.9 Å². The van der Waals surface area contributed by atoms with Gasteiger partial charge in [0, 0.05) is 18.8 Å². The van der Waals surface area contributed by atoms with Crippen LogP contribution in [0.25, 0.3) is 0 Å². The van der Waals surface area contributed by atoms with Crippen molar-refractivity contribution in [1.82, 2.24) is 0 Å². The monoisotopic (exact) mass is 359 g/mol. The third-order valence-electron chi connectivity index (χ3n) is 4.78. The zero-order valence-corrected chi connectivity index (χ0v) is 16.6. The van der Waals surface area contributed by atoms with Gasteiger partial charge in [0.25, 0.3) is 0 Å². The summed E-state index contributed by atoms with van der Waals surface area (Å²) in [4.78, 5) is 4.85. The molecule has 1 heterocycles. The molecule has 0 aromatic rings. The largest absolute Gasteiger partial charge is 0.381 e. The van der Waals surface area contributed by atoms with Crippen molar-refractivity contribution in [3.05, 3.63) is 49.1 Å². The molecule has 25 heavy (non-hydrogen) atoms. The number of aliphatic imine (C=N–C) groups is 1. The van der Waals surface area contributed by atoms with Gasteiger partial charge in [0.2, 0.25) is 0 Å². The Bertz CT molecular complexity index is 520. The van der Waals surface area contributed by atoms with Crippen molar-refractivity contribution in [3.63, 3.8) is 0 Å². The lowest BCUT2D eigenvalue weighted by Gasteiger charge is -2.10. The quantitative estimate of drug-likeness (QED) is 0.243. The molecule has 2 nitrogen and oxygen atoms in total. The summed E-state index contributed by atoms with van der Waals surface area (Å²) < 4.78 is 5.39. The molecule has 1 unspecified atom stereocenters. The highest BCUT2D eigenvalue weighted by Gasteiger charge is 2.39. The fraction of sp³-hybridized carbons (Fsp3) is 0.591. The summed E-state index contributed by atoms with van der Waals surface area (Å²) in [6.07, 6.45) is 22.1. The standard InChI is InChI=1S/C22H33NOS/c1-4-13-20(24-3)15-12-10-8-6-5-7-9-11-14-19-17-25-22(23-19)21-16-18(21)2/h4-6,8,10-11,14,18-21H,1,7,9,12-13,15-17H2,2-3H3/b6-5+,10-8+,14-11+/t18-,19?,20-,21+/m0/s1. The number of ether oxygens (including phenoxy) is 1. The average Bonchev–Trinajstić information content (AvgIpc) is 3.16. The van der Waals surface area contributed by atoms with Crippen LogP contribution in [0.2, 0.25) is 0 Å². The van der Waals surface area contributed by atoms with Gasteiger partial charge in [-0.05, 0) is 44.4 Å². The molecule has 2 aliphatic rings. The highest BCUT2D eigenvalue weighted by Crippen LogP contribution is 2.44. The number of thioether (sulfide) groups is 1. The number of rotatable bonds is 12. The van der Waals surface area contributed by atoms with Crippen LogP contribution in [0.3, 0.4) is 0 Å². The SMILES string of the molecule is C=CC[C@@H](CC/C=C/C=C/CC/C=C/C1CSC([C@@H]2C[C@@H]2C)=N1)OC. The summed E-state index contributed by atoms with van der Waals surface area (Å²) in [5.74, 6) is 2.80. The van der Waals surface area contributed by atoms with Crippen LogP contribution in [0, 0.1) is 11.8 Å². The normalized spacial score (nSPS) is 27.4. The van der Waals surface area contributed by atoms with Gasteiger partial charge < -0.3 is 4.74 Å². The first-order chi connectivity index (χ1) is 12.2. The lowest BCUT2D eigenvalue weighted by Crippen LogP contribution is -2.08. The molecule has 1 aliphatic heterocycles. The molecule has 1 aliphatic carbocycles. The highest BCUT2D eigenvalue weighted by atomic mass is 32.2. The predicted molar refractivity (Wildman–Crippen MR) is 112 cm³/mol. The van der Waals surface area contributed by atoms with Crippen molar-refractivity contribution in [3.8, 4) is 0 Å². The lowest BCUT2D eigenvalue weighted by molar-refractivity contribution is 0.0987. The molecule has 0 N–H and O–H groups in total. The molecule has 0 spiro atoms. The van der Waals surface area contributed by atoms with Gasteiger partial charge in [-0.25, -0.2) is 0 Å². The fourth-order valence-electron chi connectivity index (χ4n) is 2.97. The van der Waals surface area contributed by atoms with E-state index in [1.54, 1.807) is 7.11 Å². The van der Waals surface area contributed by atoms with E-state index in [0.29, 0.717) is 12.1 Å². The molecule has 1 saturated carbocycles. The van der Waals surface area contributed by atoms with Crippen LogP contribution in [0.4, 0.5) is 0 Å². The Morgan fingerprint density at radius 2 is 1.96 bits per heavy atom. The lowest BCUT2D eigenvalue weighted by atomic mass is 10.1. The first-order valence-corrected chi connectivity index (χ1v) is 10.6. The first-order valence-electron chi connectivity index (χ1n) is 9.57. The van der Waals surface area contributed by atoms with E-state index in [9.17, 15) is 0 Å². The Kier molecular flexibility index (Phi) is 9.35. The van der Waals surface area contributed by atoms with Crippen LogP contribution >= 0.6 is 11.8 Å². The van der Waals surface area contributed by atoms with Crippen molar-refractivity contribution < 1.29 is 4.74 Å². The number of allylic oxidation sites excluding steroid dienone is 5. The van der Waals surface area contributed by atoms with Gasteiger partial charge >= 0.3 is 0 Å². The molecule has 0 amide bonds. The minimum atomic E-state index is 0.302. The molecule has 0 radical (unpaired) electrons. The van der Waals surface area contributed by atoms with Crippen LogP contribution in [0.5, 0.6) is 0 Å². The van der Waals surface area contributed by atoms with Crippen LogP contribution in [-0.4, -0.2) is 30.1 Å². The summed E-state index contributed by atoms with van der Waals surface area (Å²) in [5, 5.41) is 1.41. The van der Waals surface area contributed by atoms with E-state index in [4.69, 9.17) is 9.73 Å². The molecule has 0 bridgehead atoms. The van der Waals surface area contributed by atoms with Crippen LogP contribution < -0.4 is 0 Å². The van der Waals surface area contributed by atoms with Gasteiger partial charge in [-0.1, -0.05) is 49.5 Å². The zero-order chi connectivity index (χ0) is 17.9. The maximum atomic E-state index is 5.39. The Hall–Kier alpha value is -1.06. The van der Waals surface area contributed by atoms with Crippen molar-refractivity contribution in [1.29, 1.82) is 0 Å². The van der Waals surface area contributed by atoms with Gasteiger partial charge in [0.15, 0.2) is 0 Å². The average molecular weight is 360 g/mol.